The Bertz CT molecular complexity index is 3590. The maximum Gasteiger partial charge on any atom is 0.0398 e. The van der Waals surface area contributed by atoms with E-state index in [2.05, 4.69) is 203 Å². The third-order valence-corrected chi connectivity index (χ3v) is 15.5. The largest absolute Gasteiger partial charge is 0.135 e. The fraction of sp³-hybridized carbons (Fsp3) is 0.0690. The number of hydrogen-bond acceptors (Lipinski definition) is 2. The van der Waals surface area contributed by atoms with Gasteiger partial charge in [0.1, 0.15) is 0 Å². The molecule has 2 heteroatoms. The lowest BCUT2D eigenvalue weighted by Crippen LogP contribution is -2.16. The topological polar surface area (TPSA) is 0 Å². The molecular formula is C58H40S2. The van der Waals surface area contributed by atoms with Gasteiger partial charge in [-0.1, -0.05) is 160 Å². The van der Waals surface area contributed by atoms with Crippen molar-refractivity contribution in [1.29, 1.82) is 0 Å². The lowest BCUT2D eigenvalue weighted by molar-refractivity contribution is 0.705. The highest BCUT2D eigenvalue weighted by atomic mass is 32.1. The van der Waals surface area contributed by atoms with E-state index in [9.17, 15) is 0 Å². The second kappa shape index (κ2) is 13.2. The van der Waals surface area contributed by atoms with Crippen LogP contribution in [-0.2, 0) is 5.41 Å². The van der Waals surface area contributed by atoms with Crippen molar-refractivity contribution in [3.63, 3.8) is 0 Å². The Balaban J connectivity index is 0.955. The minimum absolute atomic E-state index is 0.0746. The van der Waals surface area contributed by atoms with Crippen molar-refractivity contribution >= 4 is 102 Å². The third-order valence-electron chi connectivity index (χ3n) is 13.2. The van der Waals surface area contributed by atoms with Crippen molar-refractivity contribution in [2.24, 2.45) is 0 Å². The van der Waals surface area contributed by atoms with Crippen LogP contribution in [-0.4, -0.2) is 0 Å². The van der Waals surface area contributed by atoms with Crippen LogP contribution >= 0.6 is 22.7 Å². The van der Waals surface area contributed by atoms with E-state index in [4.69, 9.17) is 0 Å². The summed E-state index contributed by atoms with van der Waals surface area (Å²) in [5, 5.41) is 11.6. The molecule has 0 amide bonds. The van der Waals surface area contributed by atoms with Crippen LogP contribution < -0.4 is 0 Å². The van der Waals surface area contributed by atoms with Gasteiger partial charge in [-0.15, -0.1) is 22.7 Å². The van der Waals surface area contributed by atoms with Crippen LogP contribution in [0.15, 0.2) is 176 Å². The summed E-state index contributed by atoms with van der Waals surface area (Å²) >= 11 is 3.81. The van der Waals surface area contributed by atoms with Crippen molar-refractivity contribution in [3.8, 4) is 33.4 Å². The number of fused-ring (bicyclic) bond motifs is 8. The molecule has 0 unspecified atom stereocenters. The summed E-state index contributed by atoms with van der Waals surface area (Å²) < 4.78 is 3.93. The van der Waals surface area contributed by atoms with E-state index in [0.717, 1.165) is 0 Å². The molecule has 60 heavy (non-hydrogen) atoms. The van der Waals surface area contributed by atoms with Crippen molar-refractivity contribution in [2.45, 2.75) is 26.2 Å². The van der Waals surface area contributed by atoms with Crippen LogP contribution in [0.5, 0.6) is 0 Å². The van der Waals surface area contributed by atoms with E-state index in [0.29, 0.717) is 0 Å². The van der Waals surface area contributed by atoms with Gasteiger partial charge in [-0.25, -0.2) is 0 Å². The zero-order valence-electron chi connectivity index (χ0n) is 33.8. The van der Waals surface area contributed by atoms with E-state index in [-0.39, 0.29) is 5.41 Å². The lowest BCUT2D eigenvalue weighted by Gasteiger charge is -2.25. The molecule has 0 spiro atoms. The van der Waals surface area contributed by atoms with Gasteiger partial charge in [-0.3, -0.25) is 0 Å². The Morgan fingerprint density at radius 1 is 0.450 bits per heavy atom. The summed E-state index contributed by atoms with van der Waals surface area (Å²) in [5.41, 5.74) is 14.3. The first kappa shape index (κ1) is 35.4. The van der Waals surface area contributed by atoms with Crippen LogP contribution in [0, 0.1) is 0 Å². The average molecular weight is 801 g/mol. The molecule has 0 saturated heterocycles. The van der Waals surface area contributed by atoms with Gasteiger partial charge in [-0.05, 0) is 131 Å². The van der Waals surface area contributed by atoms with Crippen molar-refractivity contribution in [2.75, 3.05) is 0 Å². The highest BCUT2D eigenvalue weighted by molar-refractivity contribution is 7.25. The van der Waals surface area contributed by atoms with Gasteiger partial charge in [0.2, 0.25) is 0 Å². The molecule has 2 heterocycles. The molecule has 0 fully saturated rings. The molecule has 0 radical (unpaired) electrons. The standard InChI is InChI=1S/C58H40S2/c1-5-41-48-31-38-24-23-36(29-40(38)33-53(48)60-57(41)56-34(2)42-17-13-14-22-50(42)58(56,3)4)37-26-28-51-49(30-37)43-27-25-39(32-52(43)59-51)55-46-20-11-9-18-44(46)54(35-15-7-6-8-16-35)45-19-10-12-21-47(45)55/h5-33H,1H2,2-4H3. The average Bonchev–Trinajstić information content (AvgIpc) is 3.89. The first-order chi connectivity index (χ1) is 29.4. The molecule has 0 nitrogen and oxygen atoms in total. The normalized spacial score (nSPS) is 13.7. The SMILES string of the molecule is C=Cc1c(C2=C(C)c3ccccc3C2(C)C)sc2cc3cc(-c4ccc5sc6cc(-c7c8ccccc8c(-c8ccccc8)c8ccccc78)ccc6c5c4)ccc3cc12. The fourth-order valence-electron chi connectivity index (χ4n) is 10.4. The summed E-state index contributed by atoms with van der Waals surface area (Å²) in [7, 11) is 0. The molecule has 0 N–H and O–H groups in total. The van der Waals surface area contributed by atoms with Crippen molar-refractivity contribution in [3.05, 3.63) is 198 Å². The molecule has 284 valence electrons. The summed E-state index contributed by atoms with van der Waals surface area (Å²) in [5.74, 6) is 0. The summed E-state index contributed by atoms with van der Waals surface area (Å²) in [6, 6.07) is 63.5. The highest BCUT2D eigenvalue weighted by Gasteiger charge is 2.38. The maximum absolute atomic E-state index is 4.33. The molecule has 1 aliphatic rings. The van der Waals surface area contributed by atoms with E-state index < -0.39 is 0 Å². The van der Waals surface area contributed by atoms with Crippen LogP contribution in [0.4, 0.5) is 0 Å². The predicted octanol–water partition coefficient (Wildman–Crippen LogP) is 17.6. The van der Waals surface area contributed by atoms with Crippen molar-refractivity contribution in [1.82, 2.24) is 0 Å². The lowest BCUT2D eigenvalue weighted by atomic mass is 9.79. The Hall–Kier alpha value is -6.58. The van der Waals surface area contributed by atoms with Crippen molar-refractivity contribution < 1.29 is 0 Å². The van der Waals surface area contributed by atoms with E-state index in [1.165, 1.54) is 129 Å². The zero-order valence-corrected chi connectivity index (χ0v) is 35.4. The molecule has 12 rings (SSSR count). The van der Waals surface area contributed by atoms with Gasteiger partial charge >= 0.3 is 0 Å². The van der Waals surface area contributed by atoms with Crippen LogP contribution in [0.1, 0.15) is 42.3 Å². The minimum Gasteiger partial charge on any atom is -0.135 e. The van der Waals surface area contributed by atoms with Gasteiger partial charge in [0.15, 0.2) is 0 Å². The van der Waals surface area contributed by atoms with E-state index in [1.807, 2.05) is 22.7 Å². The Morgan fingerprint density at radius 3 is 1.78 bits per heavy atom. The Kier molecular flexibility index (Phi) is 7.79. The first-order valence-electron chi connectivity index (χ1n) is 20.8. The number of hydrogen-bond donors (Lipinski definition) is 0. The van der Waals surface area contributed by atoms with E-state index in [1.54, 1.807) is 0 Å². The molecule has 11 aromatic rings. The predicted molar refractivity (Wildman–Crippen MR) is 266 cm³/mol. The second-order valence-electron chi connectivity index (χ2n) is 16.9. The molecule has 1 aliphatic carbocycles. The van der Waals surface area contributed by atoms with Crippen LogP contribution in [0.2, 0.25) is 0 Å². The zero-order chi connectivity index (χ0) is 40.3. The van der Waals surface area contributed by atoms with Gasteiger partial charge in [0, 0.05) is 46.1 Å². The van der Waals surface area contributed by atoms with Crippen LogP contribution in [0.25, 0.3) is 113 Å². The van der Waals surface area contributed by atoms with Gasteiger partial charge in [0.05, 0.1) is 0 Å². The second-order valence-corrected chi connectivity index (χ2v) is 19.0. The Labute approximate surface area is 358 Å². The number of allylic oxidation sites excluding steroid dienone is 2. The molecule has 0 aliphatic heterocycles. The summed E-state index contributed by atoms with van der Waals surface area (Å²) in [4.78, 5) is 1.35. The molecule has 0 saturated carbocycles. The van der Waals surface area contributed by atoms with Gasteiger partial charge in [0.25, 0.3) is 0 Å². The molecule has 9 aromatic carbocycles. The van der Waals surface area contributed by atoms with Gasteiger partial charge < -0.3 is 0 Å². The summed E-state index contributed by atoms with van der Waals surface area (Å²) in [6.07, 6.45) is 2.07. The quantitative estimate of drug-likeness (QED) is 0.152. The number of thiophene rings is 2. The molecule has 2 aromatic heterocycles. The molecule has 0 bridgehead atoms. The number of rotatable bonds is 5. The fourth-order valence-corrected chi connectivity index (χ4v) is 13.1. The van der Waals surface area contributed by atoms with Gasteiger partial charge in [-0.2, -0.15) is 0 Å². The summed E-state index contributed by atoms with van der Waals surface area (Å²) in [6.45, 7) is 11.4. The molecular weight excluding hydrogens is 761 g/mol. The van der Waals surface area contributed by atoms with Crippen LogP contribution in [0.3, 0.4) is 0 Å². The molecule has 0 atom stereocenters. The monoisotopic (exact) mass is 800 g/mol. The third kappa shape index (κ3) is 5.14. The highest BCUT2D eigenvalue weighted by Crippen LogP contribution is 2.54. The first-order valence-corrected chi connectivity index (χ1v) is 22.4. The minimum atomic E-state index is -0.0746. The van der Waals surface area contributed by atoms with E-state index >= 15 is 0 Å². The number of benzene rings is 9. The maximum atomic E-state index is 4.33. The Morgan fingerprint density at radius 2 is 1.07 bits per heavy atom. The smallest absolute Gasteiger partial charge is 0.0398 e.